The summed E-state index contributed by atoms with van der Waals surface area (Å²) in [4.78, 5) is 15.5. The van der Waals surface area contributed by atoms with E-state index in [2.05, 4.69) is 4.98 Å². The summed E-state index contributed by atoms with van der Waals surface area (Å²) in [6.07, 6.45) is 3.05. The smallest absolute Gasteiger partial charge is 0.267 e. The van der Waals surface area contributed by atoms with Gasteiger partial charge in [0, 0.05) is 0 Å². The number of amides is 1. The minimum Gasteiger partial charge on any atom is -0.267 e. The monoisotopic (exact) mass is 234 g/mol. The van der Waals surface area contributed by atoms with Crippen molar-refractivity contribution in [2.75, 3.05) is 6.26 Å². The number of nitrogens with one attached hydrogen (secondary N) is 1. The van der Waals surface area contributed by atoms with E-state index in [0.717, 1.165) is 17.7 Å². The Morgan fingerprint density at radius 3 is 2.71 bits per heavy atom. The molecular formula is C7H10N2O3S2. The second-order valence-corrected chi connectivity index (χ2v) is 5.54. The first-order valence-electron chi connectivity index (χ1n) is 3.89. The first kappa shape index (κ1) is 11.1. The number of rotatable bonds is 3. The maximum Gasteiger partial charge on any atom is 0.276 e. The van der Waals surface area contributed by atoms with Gasteiger partial charge >= 0.3 is 0 Å². The number of aromatic nitrogens is 1. The van der Waals surface area contributed by atoms with Gasteiger partial charge in [-0.25, -0.2) is 18.1 Å². The van der Waals surface area contributed by atoms with Gasteiger partial charge in [-0.3, -0.25) is 4.79 Å². The summed E-state index contributed by atoms with van der Waals surface area (Å²) in [5, 5.41) is 0.809. The molecule has 1 N–H and O–H groups in total. The Morgan fingerprint density at radius 1 is 1.64 bits per heavy atom. The van der Waals surface area contributed by atoms with Crippen molar-refractivity contribution in [1.29, 1.82) is 0 Å². The molecule has 0 radical (unpaired) electrons. The van der Waals surface area contributed by atoms with Crippen molar-refractivity contribution < 1.29 is 13.2 Å². The molecule has 0 fully saturated rings. The molecule has 78 valence electrons. The van der Waals surface area contributed by atoms with Crippen LogP contribution in [0.2, 0.25) is 0 Å². The van der Waals surface area contributed by atoms with Gasteiger partial charge in [-0.2, -0.15) is 0 Å². The molecular weight excluding hydrogens is 224 g/mol. The highest BCUT2D eigenvalue weighted by Crippen LogP contribution is 2.12. The molecule has 0 aromatic carbocycles. The van der Waals surface area contributed by atoms with Crippen molar-refractivity contribution in [2.45, 2.75) is 13.3 Å². The number of nitrogens with zero attached hydrogens (tertiary/aromatic N) is 1. The van der Waals surface area contributed by atoms with E-state index in [1.54, 1.807) is 0 Å². The van der Waals surface area contributed by atoms with E-state index in [-0.39, 0.29) is 0 Å². The highest BCUT2D eigenvalue weighted by molar-refractivity contribution is 7.89. The number of thiazole rings is 1. The van der Waals surface area contributed by atoms with Crippen molar-refractivity contribution in [3.63, 3.8) is 0 Å². The summed E-state index contributed by atoms with van der Waals surface area (Å²) in [6.45, 7) is 1.91. The predicted molar refractivity (Wildman–Crippen MR) is 53.8 cm³/mol. The standard InChI is InChI=1S/C7H10N2O3S2/c1-3-6-8-4-5(13-6)7(10)9-14(2,11)12/h4H,3H2,1-2H3,(H,9,10). The van der Waals surface area contributed by atoms with Crippen LogP contribution >= 0.6 is 11.3 Å². The molecule has 0 saturated carbocycles. The van der Waals surface area contributed by atoms with E-state index >= 15 is 0 Å². The molecule has 1 amide bonds. The Labute approximate surface area is 86.2 Å². The van der Waals surface area contributed by atoms with Crippen molar-refractivity contribution in [1.82, 2.24) is 9.71 Å². The summed E-state index contributed by atoms with van der Waals surface area (Å²) < 4.78 is 23.4. The molecule has 0 saturated heterocycles. The molecule has 0 aliphatic heterocycles. The SMILES string of the molecule is CCc1ncc(C(=O)NS(C)(=O)=O)s1. The lowest BCUT2D eigenvalue weighted by molar-refractivity contribution is 0.0985. The van der Waals surface area contributed by atoms with Crippen LogP contribution in [0.1, 0.15) is 21.6 Å². The van der Waals surface area contributed by atoms with Crippen LogP contribution in [0, 0.1) is 0 Å². The quantitative estimate of drug-likeness (QED) is 0.821. The lowest BCUT2D eigenvalue weighted by Crippen LogP contribution is -2.28. The Kier molecular flexibility index (Phi) is 3.22. The lowest BCUT2D eigenvalue weighted by Gasteiger charge is -1.97. The fourth-order valence-corrected chi connectivity index (χ4v) is 2.06. The summed E-state index contributed by atoms with van der Waals surface area (Å²) in [7, 11) is -3.49. The summed E-state index contributed by atoms with van der Waals surface area (Å²) in [6, 6.07) is 0. The molecule has 0 aliphatic carbocycles. The van der Waals surface area contributed by atoms with E-state index in [1.165, 1.54) is 17.5 Å². The third-order valence-corrected chi connectivity index (χ3v) is 3.05. The molecule has 0 atom stereocenters. The number of carbonyl (C=O) groups is 1. The van der Waals surface area contributed by atoms with Crippen LogP contribution in [0.5, 0.6) is 0 Å². The molecule has 0 spiro atoms. The van der Waals surface area contributed by atoms with E-state index < -0.39 is 15.9 Å². The zero-order valence-electron chi connectivity index (χ0n) is 7.77. The third kappa shape index (κ3) is 3.08. The van der Waals surface area contributed by atoms with Crippen molar-refractivity contribution in [3.05, 3.63) is 16.1 Å². The van der Waals surface area contributed by atoms with Gasteiger partial charge < -0.3 is 0 Å². The molecule has 1 rings (SSSR count). The summed E-state index contributed by atoms with van der Waals surface area (Å²) >= 11 is 1.19. The van der Waals surface area contributed by atoms with Crippen LogP contribution in [0.3, 0.4) is 0 Å². The summed E-state index contributed by atoms with van der Waals surface area (Å²) in [5.74, 6) is -0.621. The van der Waals surface area contributed by atoms with Gasteiger partial charge in [0.15, 0.2) is 0 Å². The normalized spacial score (nSPS) is 11.3. The van der Waals surface area contributed by atoms with Gasteiger partial charge in [0.25, 0.3) is 5.91 Å². The highest BCUT2D eigenvalue weighted by atomic mass is 32.2. The van der Waals surface area contributed by atoms with Crippen LogP contribution in [-0.2, 0) is 16.4 Å². The zero-order valence-corrected chi connectivity index (χ0v) is 9.41. The molecule has 1 aromatic heterocycles. The first-order chi connectivity index (χ1) is 6.42. The maximum absolute atomic E-state index is 11.3. The minimum atomic E-state index is -3.49. The largest absolute Gasteiger partial charge is 0.276 e. The number of carbonyl (C=O) groups excluding carboxylic acids is 1. The Balaban J connectivity index is 2.80. The fourth-order valence-electron chi connectivity index (χ4n) is 0.797. The lowest BCUT2D eigenvalue weighted by atomic mass is 10.5. The molecule has 14 heavy (non-hydrogen) atoms. The second kappa shape index (κ2) is 4.05. The van der Waals surface area contributed by atoms with Gasteiger partial charge in [-0.15, -0.1) is 11.3 Å². The van der Waals surface area contributed by atoms with Crippen molar-refractivity contribution >= 4 is 27.3 Å². The van der Waals surface area contributed by atoms with Crippen molar-refractivity contribution in [3.8, 4) is 0 Å². The highest BCUT2D eigenvalue weighted by Gasteiger charge is 2.13. The van der Waals surface area contributed by atoms with Crippen LogP contribution in [-0.4, -0.2) is 25.6 Å². The molecule has 0 aliphatic rings. The van der Waals surface area contributed by atoms with E-state index in [1.807, 2.05) is 11.6 Å². The average molecular weight is 234 g/mol. The Morgan fingerprint density at radius 2 is 2.29 bits per heavy atom. The van der Waals surface area contributed by atoms with E-state index in [0.29, 0.717) is 4.88 Å². The van der Waals surface area contributed by atoms with Crippen LogP contribution < -0.4 is 4.72 Å². The number of aryl methyl sites for hydroxylation is 1. The van der Waals surface area contributed by atoms with E-state index in [4.69, 9.17) is 0 Å². The van der Waals surface area contributed by atoms with Gasteiger partial charge in [0.2, 0.25) is 10.0 Å². The summed E-state index contributed by atoms with van der Waals surface area (Å²) in [5.41, 5.74) is 0. The van der Waals surface area contributed by atoms with Crippen LogP contribution in [0.4, 0.5) is 0 Å². The van der Waals surface area contributed by atoms with Gasteiger partial charge in [0.1, 0.15) is 4.88 Å². The van der Waals surface area contributed by atoms with Gasteiger partial charge in [-0.05, 0) is 6.42 Å². The Hall–Kier alpha value is -0.950. The topological polar surface area (TPSA) is 76.1 Å². The van der Waals surface area contributed by atoms with Crippen molar-refractivity contribution in [2.24, 2.45) is 0 Å². The molecule has 0 bridgehead atoms. The molecule has 1 aromatic rings. The fraction of sp³-hybridized carbons (Fsp3) is 0.429. The van der Waals surface area contributed by atoms with Crippen LogP contribution in [0.25, 0.3) is 0 Å². The molecule has 0 unspecified atom stereocenters. The predicted octanol–water partition coefficient (Wildman–Crippen LogP) is 0.395. The van der Waals surface area contributed by atoms with E-state index in [9.17, 15) is 13.2 Å². The maximum atomic E-state index is 11.3. The Bertz CT molecular complexity index is 436. The average Bonchev–Trinajstić information content (AvgIpc) is 2.48. The van der Waals surface area contributed by atoms with Crippen LogP contribution in [0.15, 0.2) is 6.20 Å². The number of sulfonamides is 1. The minimum absolute atomic E-state index is 0.312. The third-order valence-electron chi connectivity index (χ3n) is 1.36. The molecule has 1 heterocycles. The van der Waals surface area contributed by atoms with Gasteiger partial charge in [0.05, 0.1) is 17.5 Å². The molecule has 7 heteroatoms. The van der Waals surface area contributed by atoms with Gasteiger partial charge in [-0.1, -0.05) is 6.92 Å². The second-order valence-electron chi connectivity index (χ2n) is 2.68. The first-order valence-corrected chi connectivity index (χ1v) is 6.60. The number of hydrogen-bond donors (Lipinski definition) is 1. The molecule has 5 nitrogen and oxygen atoms in total. The zero-order chi connectivity index (χ0) is 10.8. The number of hydrogen-bond acceptors (Lipinski definition) is 5.